The Hall–Kier alpha value is -1.45. The summed E-state index contributed by atoms with van der Waals surface area (Å²) in [6.07, 6.45) is 0. The Balaban J connectivity index is 2.38. The number of hydrogen-bond donors (Lipinski definition) is 1. The maximum Gasteiger partial charge on any atom is 0.161 e. The number of rotatable bonds is 2. The summed E-state index contributed by atoms with van der Waals surface area (Å²) in [7, 11) is 0. The molecule has 2 aromatic carbocycles. The Morgan fingerprint density at radius 1 is 1.06 bits per heavy atom. The van der Waals surface area contributed by atoms with Crippen LogP contribution in [-0.2, 0) is 11.2 Å². The van der Waals surface area contributed by atoms with Gasteiger partial charge in [-0.15, -0.1) is 0 Å². The highest BCUT2D eigenvalue weighted by atomic mass is 32.2. The molecule has 0 aliphatic heterocycles. The van der Waals surface area contributed by atoms with Crippen LogP contribution in [-0.4, -0.2) is 4.55 Å². The van der Waals surface area contributed by atoms with Crippen molar-refractivity contribution in [1.82, 2.24) is 0 Å². The summed E-state index contributed by atoms with van der Waals surface area (Å²) >= 11 is -1.12. The van der Waals surface area contributed by atoms with Gasteiger partial charge in [0.2, 0.25) is 0 Å². The number of nitrogen functional groups attached to an aromatic ring is 1. The van der Waals surface area contributed by atoms with Crippen molar-refractivity contribution in [2.75, 3.05) is 5.73 Å². The normalized spacial score (nSPS) is 12.4. The topological polar surface area (TPSA) is 49.1 Å². The van der Waals surface area contributed by atoms with E-state index in [1.807, 2.05) is 49.4 Å². The molecule has 0 saturated heterocycles. The van der Waals surface area contributed by atoms with Crippen LogP contribution in [0.1, 0.15) is 5.56 Å². The molecule has 0 spiro atoms. The van der Waals surface area contributed by atoms with E-state index in [9.17, 15) is 4.55 Å². The van der Waals surface area contributed by atoms with E-state index < -0.39 is 11.2 Å². The zero-order valence-electron chi connectivity index (χ0n) is 9.01. The van der Waals surface area contributed by atoms with E-state index in [1.54, 1.807) is 6.07 Å². The van der Waals surface area contributed by atoms with E-state index in [0.29, 0.717) is 5.69 Å². The third kappa shape index (κ3) is 2.21. The van der Waals surface area contributed by atoms with E-state index in [-0.39, 0.29) is 0 Å². The van der Waals surface area contributed by atoms with E-state index in [0.717, 1.165) is 15.4 Å². The zero-order valence-corrected chi connectivity index (χ0v) is 9.83. The van der Waals surface area contributed by atoms with Gasteiger partial charge in [0.15, 0.2) is 9.79 Å². The van der Waals surface area contributed by atoms with E-state index >= 15 is 0 Å². The van der Waals surface area contributed by atoms with Crippen molar-refractivity contribution in [3.63, 3.8) is 0 Å². The fraction of sp³-hybridized carbons (Fsp3) is 0.0769. The van der Waals surface area contributed by atoms with Gasteiger partial charge in [0, 0.05) is 22.4 Å². The van der Waals surface area contributed by atoms with Gasteiger partial charge in [-0.3, -0.25) is 0 Å². The van der Waals surface area contributed by atoms with Crippen LogP contribution in [0.4, 0.5) is 5.69 Å². The molecule has 0 saturated carbocycles. The Morgan fingerprint density at radius 2 is 1.75 bits per heavy atom. The molecule has 0 aromatic heterocycles. The van der Waals surface area contributed by atoms with Gasteiger partial charge in [-0.2, -0.15) is 0 Å². The second-order valence-corrected chi connectivity index (χ2v) is 5.06. The van der Waals surface area contributed by atoms with Crippen molar-refractivity contribution in [2.45, 2.75) is 16.7 Å². The lowest BCUT2D eigenvalue weighted by Crippen LogP contribution is -2.04. The Kier molecular flexibility index (Phi) is 3.17. The number of aryl methyl sites for hydroxylation is 1. The van der Waals surface area contributed by atoms with Gasteiger partial charge in [0.25, 0.3) is 0 Å². The summed E-state index contributed by atoms with van der Waals surface area (Å²) < 4.78 is 12.2. The van der Waals surface area contributed by atoms with Crippen molar-refractivity contribution in [2.24, 2.45) is 0 Å². The first-order valence-corrected chi connectivity index (χ1v) is 6.16. The molecule has 16 heavy (non-hydrogen) atoms. The van der Waals surface area contributed by atoms with Crippen LogP contribution in [0.25, 0.3) is 0 Å². The molecular formula is C13H13NOS. The third-order valence-electron chi connectivity index (χ3n) is 2.36. The minimum Gasteiger partial charge on any atom is -0.606 e. The van der Waals surface area contributed by atoms with Crippen LogP contribution < -0.4 is 5.73 Å². The number of benzene rings is 2. The first-order chi connectivity index (χ1) is 7.68. The van der Waals surface area contributed by atoms with E-state index in [4.69, 9.17) is 5.73 Å². The quantitative estimate of drug-likeness (QED) is 0.638. The van der Waals surface area contributed by atoms with Crippen LogP contribution in [0, 0.1) is 6.92 Å². The molecule has 2 rings (SSSR count). The third-order valence-corrected chi connectivity index (χ3v) is 3.91. The van der Waals surface area contributed by atoms with Gasteiger partial charge >= 0.3 is 0 Å². The number of anilines is 1. The molecule has 0 bridgehead atoms. The molecular weight excluding hydrogens is 218 g/mol. The lowest BCUT2D eigenvalue weighted by molar-refractivity contribution is 0.594. The zero-order chi connectivity index (χ0) is 11.5. The van der Waals surface area contributed by atoms with Crippen LogP contribution in [0.3, 0.4) is 0 Å². The molecule has 2 N–H and O–H groups in total. The minimum atomic E-state index is -1.12. The highest BCUT2D eigenvalue weighted by molar-refractivity contribution is 7.91. The average Bonchev–Trinajstić information content (AvgIpc) is 2.29. The Morgan fingerprint density at radius 3 is 2.38 bits per heavy atom. The summed E-state index contributed by atoms with van der Waals surface area (Å²) in [6, 6.07) is 14.9. The maximum atomic E-state index is 12.2. The fourth-order valence-electron chi connectivity index (χ4n) is 1.55. The highest BCUT2D eigenvalue weighted by Gasteiger charge is 2.16. The van der Waals surface area contributed by atoms with Crippen molar-refractivity contribution in [1.29, 1.82) is 0 Å². The lowest BCUT2D eigenvalue weighted by Gasteiger charge is -2.12. The molecule has 0 amide bonds. The van der Waals surface area contributed by atoms with Crippen molar-refractivity contribution in [3.8, 4) is 0 Å². The average molecular weight is 231 g/mol. The summed E-state index contributed by atoms with van der Waals surface area (Å²) in [5.41, 5.74) is 7.33. The number of nitrogens with two attached hydrogens (primary N) is 1. The number of hydrogen-bond acceptors (Lipinski definition) is 2. The van der Waals surface area contributed by atoms with Gasteiger partial charge in [0.05, 0.1) is 0 Å². The molecule has 1 atom stereocenters. The summed E-state index contributed by atoms with van der Waals surface area (Å²) in [4.78, 5) is 1.63. The highest BCUT2D eigenvalue weighted by Crippen LogP contribution is 2.24. The van der Waals surface area contributed by atoms with E-state index in [1.165, 1.54) is 0 Å². The van der Waals surface area contributed by atoms with Gasteiger partial charge in [-0.25, -0.2) is 0 Å². The van der Waals surface area contributed by atoms with Crippen molar-refractivity contribution < 1.29 is 4.55 Å². The first kappa shape index (κ1) is 11.0. The summed E-state index contributed by atoms with van der Waals surface area (Å²) in [5.74, 6) is 0. The molecule has 0 aliphatic carbocycles. The smallest absolute Gasteiger partial charge is 0.161 e. The summed E-state index contributed by atoms with van der Waals surface area (Å²) in [6.45, 7) is 1.92. The molecule has 82 valence electrons. The Labute approximate surface area is 98.3 Å². The second-order valence-electron chi connectivity index (χ2n) is 3.61. The molecule has 2 nitrogen and oxygen atoms in total. The van der Waals surface area contributed by atoms with Gasteiger partial charge < -0.3 is 10.3 Å². The predicted molar refractivity (Wildman–Crippen MR) is 66.7 cm³/mol. The minimum absolute atomic E-state index is 0.700. The summed E-state index contributed by atoms with van der Waals surface area (Å²) in [5, 5.41) is 0. The second kappa shape index (κ2) is 4.60. The molecule has 0 radical (unpaired) electrons. The van der Waals surface area contributed by atoms with Crippen molar-refractivity contribution >= 4 is 16.9 Å². The van der Waals surface area contributed by atoms with Crippen LogP contribution in [0.2, 0.25) is 0 Å². The molecule has 2 aromatic rings. The SMILES string of the molecule is Cc1cc(N)ccc1[S+]([O-])c1ccccc1. The predicted octanol–water partition coefficient (Wildman–Crippen LogP) is 2.74. The molecule has 0 aliphatic rings. The Bertz CT molecular complexity index is 485. The standard InChI is InChI=1S/C13H13NOS/c1-10-9-11(14)7-8-13(10)16(15)12-5-3-2-4-6-12/h2-9H,14H2,1H3. The van der Waals surface area contributed by atoms with E-state index in [2.05, 4.69) is 0 Å². The largest absolute Gasteiger partial charge is 0.606 e. The molecule has 3 heteroatoms. The van der Waals surface area contributed by atoms with Gasteiger partial charge in [0.1, 0.15) is 0 Å². The maximum absolute atomic E-state index is 12.2. The van der Waals surface area contributed by atoms with Gasteiger partial charge in [-0.1, -0.05) is 18.2 Å². The van der Waals surface area contributed by atoms with Crippen molar-refractivity contribution in [3.05, 3.63) is 54.1 Å². The van der Waals surface area contributed by atoms with Crippen LogP contribution in [0.15, 0.2) is 58.3 Å². The molecule has 1 unspecified atom stereocenters. The first-order valence-electron chi connectivity index (χ1n) is 5.01. The van der Waals surface area contributed by atoms with Gasteiger partial charge in [-0.05, 0) is 37.3 Å². The molecule has 0 heterocycles. The fourth-order valence-corrected chi connectivity index (χ4v) is 2.75. The lowest BCUT2D eigenvalue weighted by atomic mass is 10.2. The monoisotopic (exact) mass is 231 g/mol. The van der Waals surface area contributed by atoms with Crippen LogP contribution >= 0.6 is 0 Å². The molecule has 0 fully saturated rings. The van der Waals surface area contributed by atoms with Crippen LogP contribution in [0.5, 0.6) is 0 Å².